The van der Waals surface area contributed by atoms with Gasteiger partial charge in [0.2, 0.25) is 0 Å². The molecule has 136 valence electrons. The van der Waals surface area contributed by atoms with Crippen molar-refractivity contribution < 1.29 is 32.3 Å². The molecule has 1 fully saturated rings. The van der Waals surface area contributed by atoms with Gasteiger partial charge >= 0.3 is 18.2 Å². The van der Waals surface area contributed by atoms with Gasteiger partial charge in [-0.25, -0.2) is 14.0 Å². The number of carboxylic acids is 1. The van der Waals surface area contributed by atoms with Gasteiger partial charge in [-0.3, -0.25) is 9.80 Å². The number of alkyl halides is 3. The first-order valence-corrected chi connectivity index (χ1v) is 7.47. The summed E-state index contributed by atoms with van der Waals surface area (Å²) in [6.45, 7) is 0.383. The average molecular weight is 368 g/mol. The van der Waals surface area contributed by atoms with E-state index < -0.39 is 35.1 Å². The van der Waals surface area contributed by atoms with Gasteiger partial charge in [0.05, 0.1) is 11.1 Å². The molecule has 1 saturated heterocycles. The molecule has 1 aliphatic heterocycles. The second-order valence-electron chi connectivity index (χ2n) is 5.60. The van der Waals surface area contributed by atoms with E-state index in [-0.39, 0.29) is 24.5 Å². The minimum Gasteiger partial charge on any atom is -0.478 e. The lowest BCUT2D eigenvalue weighted by Gasteiger charge is -2.19. The number of hydrogen-bond acceptors (Lipinski definition) is 2. The molecule has 0 radical (unpaired) electrons. The molecule has 0 atom stereocenters. The summed E-state index contributed by atoms with van der Waals surface area (Å²) in [4.78, 5) is 26.1. The molecule has 2 aromatic carbocycles. The molecule has 1 aliphatic rings. The minimum atomic E-state index is -4.47. The van der Waals surface area contributed by atoms with Gasteiger partial charge in [-0.05, 0) is 42.5 Å². The summed E-state index contributed by atoms with van der Waals surface area (Å²) >= 11 is 0. The van der Waals surface area contributed by atoms with Crippen LogP contribution in [0.2, 0.25) is 0 Å². The number of carbonyl (C=O) groups is 2. The van der Waals surface area contributed by atoms with Crippen LogP contribution in [0, 0.1) is 5.82 Å². The molecule has 1 N–H and O–H groups in total. The molecule has 9 heteroatoms. The molecule has 0 spiro atoms. The number of amides is 2. The van der Waals surface area contributed by atoms with Crippen molar-refractivity contribution in [1.29, 1.82) is 0 Å². The second kappa shape index (κ2) is 6.32. The van der Waals surface area contributed by atoms with Crippen molar-refractivity contribution in [2.24, 2.45) is 0 Å². The Morgan fingerprint density at radius 1 is 0.962 bits per heavy atom. The van der Waals surface area contributed by atoms with Crippen molar-refractivity contribution in [3.05, 3.63) is 59.4 Å². The third-order valence-electron chi connectivity index (χ3n) is 4.01. The third kappa shape index (κ3) is 3.19. The van der Waals surface area contributed by atoms with Gasteiger partial charge in [0.25, 0.3) is 0 Å². The van der Waals surface area contributed by atoms with Gasteiger partial charge in [-0.1, -0.05) is 0 Å². The van der Waals surface area contributed by atoms with Crippen molar-refractivity contribution in [1.82, 2.24) is 0 Å². The topological polar surface area (TPSA) is 60.9 Å². The Morgan fingerprint density at radius 2 is 1.50 bits per heavy atom. The van der Waals surface area contributed by atoms with Crippen LogP contribution in [0.25, 0.3) is 0 Å². The predicted molar refractivity (Wildman–Crippen MR) is 84.9 cm³/mol. The molecule has 0 saturated carbocycles. The zero-order valence-corrected chi connectivity index (χ0v) is 13.1. The van der Waals surface area contributed by atoms with E-state index in [1.807, 2.05) is 0 Å². The standard InChI is InChI=1S/C17H12F4N2O3/c18-14-6-5-12(9-13(14)15(24)25)23-8-7-22(16(23)26)11-3-1-10(2-4-11)17(19,20)21/h1-6,9H,7-8H2,(H,24,25). The smallest absolute Gasteiger partial charge is 0.416 e. The summed E-state index contributed by atoms with van der Waals surface area (Å²) < 4.78 is 51.4. The van der Waals surface area contributed by atoms with Crippen LogP contribution in [-0.2, 0) is 6.18 Å². The molecule has 0 unspecified atom stereocenters. The van der Waals surface area contributed by atoms with E-state index in [2.05, 4.69) is 0 Å². The highest BCUT2D eigenvalue weighted by Crippen LogP contribution is 2.32. The summed E-state index contributed by atoms with van der Waals surface area (Å²) in [5.74, 6) is -2.39. The Morgan fingerprint density at radius 3 is 2.04 bits per heavy atom. The Labute approximate surface area is 145 Å². The number of rotatable bonds is 3. The predicted octanol–water partition coefficient (Wildman–Crippen LogP) is 3.99. The highest BCUT2D eigenvalue weighted by molar-refractivity contribution is 6.06. The molecular formula is C17H12F4N2O3. The Balaban J connectivity index is 1.84. The van der Waals surface area contributed by atoms with Crippen LogP contribution in [-0.4, -0.2) is 30.2 Å². The first-order chi connectivity index (χ1) is 12.2. The molecule has 3 rings (SSSR count). The number of benzene rings is 2. The summed E-state index contributed by atoms with van der Waals surface area (Å²) in [5.41, 5.74) is -0.910. The van der Waals surface area contributed by atoms with Gasteiger partial charge in [-0.2, -0.15) is 13.2 Å². The maximum absolute atomic E-state index is 13.5. The maximum atomic E-state index is 13.5. The van der Waals surface area contributed by atoms with E-state index in [0.29, 0.717) is 0 Å². The fraction of sp³-hybridized carbons (Fsp3) is 0.176. The number of urea groups is 1. The normalized spacial score (nSPS) is 14.8. The summed E-state index contributed by atoms with van der Waals surface area (Å²) in [6.07, 6.45) is -4.47. The van der Waals surface area contributed by atoms with Gasteiger partial charge in [0, 0.05) is 24.5 Å². The van der Waals surface area contributed by atoms with Crippen LogP contribution in [0.5, 0.6) is 0 Å². The summed E-state index contributed by atoms with van der Waals surface area (Å²) in [5, 5.41) is 8.97. The average Bonchev–Trinajstić information content (AvgIpc) is 2.96. The van der Waals surface area contributed by atoms with Crippen LogP contribution in [0.15, 0.2) is 42.5 Å². The molecule has 5 nitrogen and oxygen atoms in total. The van der Waals surface area contributed by atoms with E-state index in [9.17, 15) is 27.2 Å². The summed E-state index contributed by atoms with van der Waals surface area (Å²) in [7, 11) is 0. The van der Waals surface area contributed by atoms with Crippen LogP contribution < -0.4 is 9.80 Å². The van der Waals surface area contributed by atoms with Crippen LogP contribution >= 0.6 is 0 Å². The fourth-order valence-corrected chi connectivity index (χ4v) is 2.69. The minimum absolute atomic E-state index is 0.185. The van der Waals surface area contributed by atoms with E-state index in [1.54, 1.807) is 0 Å². The van der Waals surface area contributed by atoms with Gasteiger partial charge in [0.15, 0.2) is 0 Å². The summed E-state index contributed by atoms with van der Waals surface area (Å²) in [6, 6.07) is 6.88. The number of carbonyl (C=O) groups excluding carboxylic acids is 1. The number of nitrogens with zero attached hydrogens (tertiary/aromatic N) is 2. The number of hydrogen-bond donors (Lipinski definition) is 1. The van der Waals surface area contributed by atoms with E-state index >= 15 is 0 Å². The largest absolute Gasteiger partial charge is 0.478 e. The van der Waals surface area contributed by atoms with E-state index in [1.165, 1.54) is 28.0 Å². The highest BCUT2D eigenvalue weighted by atomic mass is 19.4. The van der Waals surface area contributed by atoms with Crippen LogP contribution in [0.1, 0.15) is 15.9 Å². The molecule has 2 aromatic rings. The Kier molecular flexibility index (Phi) is 4.31. The molecule has 0 aliphatic carbocycles. The van der Waals surface area contributed by atoms with Crippen LogP contribution in [0.3, 0.4) is 0 Å². The van der Waals surface area contributed by atoms with Crippen molar-refractivity contribution in [2.75, 3.05) is 22.9 Å². The zero-order valence-electron chi connectivity index (χ0n) is 13.1. The molecule has 1 heterocycles. The van der Waals surface area contributed by atoms with Gasteiger partial charge in [-0.15, -0.1) is 0 Å². The molecule has 0 bridgehead atoms. The number of halogens is 4. The molecule has 2 amide bonds. The second-order valence-corrected chi connectivity index (χ2v) is 5.60. The van der Waals surface area contributed by atoms with E-state index in [4.69, 9.17) is 5.11 Å². The quantitative estimate of drug-likeness (QED) is 0.834. The Hall–Kier alpha value is -3.10. The van der Waals surface area contributed by atoms with Crippen molar-refractivity contribution >= 4 is 23.4 Å². The Bertz CT molecular complexity index is 865. The van der Waals surface area contributed by atoms with Gasteiger partial charge < -0.3 is 5.11 Å². The van der Waals surface area contributed by atoms with Crippen LogP contribution in [0.4, 0.5) is 33.7 Å². The van der Waals surface area contributed by atoms with Crippen molar-refractivity contribution in [3.8, 4) is 0 Å². The van der Waals surface area contributed by atoms with Crippen molar-refractivity contribution in [3.63, 3.8) is 0 Å². The lowest BCUT2D eigenvalue weighted by molar-refractivity contribution is -0.137. The monoisotopic (exact) mass is 368 g/mol. The first-order valence-electron chi connectivity index (χ1n) is 7.47. The number of aromatic carboxylic acids is 1. The maximum Gasteiger partial charge on any atom is 0.416 e. The highest BCUT2D eigenvalue weighted by Gasteiger charge is 2.33. The zero-order chi connectivity index (χ0) is 19.1. The first kappa shape index (κ1) is 17.7. The SMILES string of the molecule is O=C(O)c1cc(N2CCN(c3ccc(C(F)(F)F)cc3)C2=O)ccc1F. The third-order valence-corrected chi connectivity index (χ3v) is 4.01. The molecular weight excluding hydrogens is 356 g/mol. The van der Waals surface area contributed by atoms with Gasteiger partial charge in [0.1, 0.15) is 5.82 Å². The van der Waals surface area contributed by atoms with E-state index in [0.717, 1.165) is 24.3 Å². The lowest BCUT2D eigenvalue weighted by atomic mass is 10.2. The number of anilines is 2. The fourth-order valence-electron chi connectivity index (χ4n) is 2.69. The molecule has 26 heavy (non-hydrogen) atoms. The number of carboxylic acid groups (broad SMARTS) is 1. The molecule has 0 aromatic heterocycles. The van der Waals surface area contributed by atoms with Crippen molar-refractivity contribution in [2.45, 2.75) is 6.18 Å². The lowest BCUT2D eigenvalue weighted by Crippen LogP contribution is -2.31.